The van der Waals surface area contributed by atoms with E-state index in [2.05, 4.69) is 0 Å². The van der Waals surface area contributed by atoms with Crippen LogP contribution in [0.2, 0.25) is 0 Å². The Balaban J connectivity index is 4.00. The zero-order chi connectivity index (χ0) is 15.6. The normalized spacial score (nSPS) is 9.80. The number of hydrogen-bond donors (Lipinski definition) is 3. The third kappa shape index (κ3) is 2.09. The van der Waals surface area contributed by atoms with Crippen molar-refractivity contribution >= 4 is 40.5 Å². The van der Waals surface area contributed by atoms with E-state index in [0.29, 0.717) is 0 Å². The largest absolute Gasteiger partial charge is 0.387 e. The van der Waals surface area contributed by atoms with Crippen LogP contribution in [0.1, 0.15) is 0 Å². The second-order valence-electron chi connectivity index (χ2n) is 3.28. The van der Waals surface area contributed by atoms with E-state index in [1.165, 1.54) is 0 Å². The van der Waals surface area contributed by atoms with Crippen LogP contribution < -0.4 is 16.8 Å². The number of nitrogens with two attached hydrogens (primary N) is 2. The van der Waals surface area contributed by atoms with Gasteiger partial charge in [-0.05, 0) is 0 Å². The van der Waals surface area contributed by atoms with Gasteiger partial charge in [0, 0.05) is 0 Å². The summed E-state index contributed by atoms with van der Waals surface area (Å²) in [7, 11) is 0. The van der Waals surface area contributed by atoms with Gasteiger partial charge in [-0.15, -0.1) is 0 Å². The predicted octanol–water partition coefficient (Wildman–Crippen LogP) is 0.144. The molecule has 0 unspecified atom stereocenters. The van der Waals surface area contributed by atoms with Crippen LogP contribution in [0.4, 0.5) is 34.1 Å². The van der Waals surface area contributed by atoms with Gasteiger partial charge in [0.1, 0.15) is 0 Å². The van der Waals surface area contributed by atoms with Gasteiger partial charge in [-0.2, -0.15) is 0 Å². The maximum atomic E-state index is 10.9. The lowest BCUT2D eigenvalue weighted by molar-refractivity contribution is -0.399. The second-order valence-corrected chi connectivity index (χ2v) is 3.28. The molecule has 1 amide bonds. The molecule has 5 N–H and O–H groups in total. The Bertz CT molecular complexity index is 600. The molecule has 20 heavy (non-hydrogen) atoms. The van der Waals surface area contributed by atoms with Gasteiger partial charge in [-0.3, -0.25) is 35.1 Å². The van der Waals surface area contributed by atoms with Crippen LogP contribution in [-0.4, -0.2) is 21.2 Å². The summed E-state index contributed by atoms with van der Waals surface area (Å²) in [6.07, 6.45) is -0.0833. The minimum atomic E-state index is -1.19. The van der Waals surface area contributed by atoms with Crippen LogP contribution in [0.15, 0.2) is 0 Å². The molecule has 0 aromatic heterocycles. The molecule has 0 aliphatic heterocycles. The Kier molecular flexibility index (Phi) is 3.64. The summed E-state index contributed by atoms with van der Waals surface area (Å²) < 4.78 is 0. The molecule has 0 atom stereocenters. The average Bonchev–Trinajstić information content (AvgIpc) is 2.26. The van der Waals surface area contributed by atoms with Gasteiger partial charge in [0.15, 0.2) is 11.4 Å². The minimum absolute atomic E-state index is 0.0833. The third-order valence-corrected chi connectivity index (χ3v) is 2.25. The van der Waals surface area contributed by atoms with Crippen molar-refractivity contribution in [2.75, 3.05) is 16.8 Å². The number of nitrogen functional groups attached to an aromatic ring is 2. The molecular formula is C7H6N6O7. The van der Waals surface area contributed by atoms with Crippen molar-refractivity contribution in [2.24, 2.45) is 0 Å². The van der Waals surface area contributed by atoms with Gasteiger partial charge < -0.3 is 16.8 Å². The SMILES string of the molecule is Nc1c([N+](=O)[O-])c(N)c([N+](=O)[O-])c(NC=O)c1[N+](=O)[O-]. The molecular weight excluding hydrogens is 280 g/mol. The fraction of sp³-hybridized carbons (Fsp3) is 0. The van der Waals surface area contributed by atoms with E-state index in [9.17, 15) is 35.1 Å². The predicted molar refractivity (Wildman–Crippen MR) is 64.9 cm³/mol. The monoisotopic (exact) mass is 286 g/mol. The first kappa shape index (κ1) is 14.6. The molecule has 0 saturated carbocycles. The van der Waals surface area contributed by atoms with Crippen LogP contribution in [-0.2, 0) is 4.79 Å². The smallest absolute Gasteiger partial charge is 0.329 e. The van der Waals surface area contributed by atoms with Gasteiger partial charge in [0.2, 0.25) is 12.1 Å². The van der Waals surface area contributed by atoms with E-state index in [1.807, 2.05) is 0 Å². The Morgan fingerprint density at radius 2 is 1.20 bits per heavy atom. The topological polar surface area (TPSA) is 211 Å². The molecule has 0 heterocycles. The van der Waals surface area contributed by atoms with E-state index in [1.54, 1.807) is 5.32 Å². The van der Waals surface area contributed by atoms with Crippen molar-refractivity contribution in [2.45, 2.75) is 0 Å². The number of carbonyl (C=O) groups is 1. The molecule has 0 saturated heterocycles. The summed E-state index contributed by atoms with van der Waals surface area (Å²) in [6.45, 7) is 0. The van der Waals surface area contributed by atoms with Gasteiger partial charge in [-0.25, -0.2) is 0 Å². The highest BCUT2D eigenvalue weighted by atomic mass is 16.6. The number of nitrogens with one attached hydrogen (secondary N) is 1. The van der Waals surface area contributed by atoms with Crippen molar-refractivity contribution in [1.29, 1.82) is 0 Å². The summed E-state index contributed by atoms with van der Waals surface area (Å²) >= 11 is 0. The average molecular weight is 286 g/mol. The van der Waals surface area contributed by atoms with Gasteiger partial charge >= 0.3 is 17.1 Å². The summed E-state index contributed by atoms with van der Waals surface area (Å²) in [5.74, 6) is 0. The number of nitrogens with zero attached hydrogens (tertiary/aromatic N) is 3. The molecule has 13 heteroatoms. The standard InChI is InChI=1S/C7H6N6O7/c8-2-5(11(15)16)3(9)7(13(19)20)4(10-1-14)6(2)12(17)18/h1H,8-9H2,(H,10,14). The quantitative estimate of drug-likeness (QED) is 0.290. The number of hydrogen-bond acceptors (Lipinski definition) is 9. The summed E-state index contributed by atoms with van der Waals surface area (Å²) in [5.41, 5.74) is 4.06. The summed E-state index contributed by atoms with van der Waals surface area (Å²) in [5, 5.41) is 34.2. The molecule has 0 bridgehead atoms. The highest BCUT2D eigenvalue weighted by molar-refractivity contribution is 6.01. The zero-order valence-electron chi connectivity index (χ0n) is 9.43. The summed E-state index contributed by atoms with van der Waals surface area (Å²) in [4.78, 5) is 39.3. The number of amides is 1. The molecule has 0 aliphatic rings. The van der Waals surface area contributed by atoms with Crippen molar-refractivity contribution < 1.29 is 19.6 Å². The molecule has 0 aliphatic carbocycles. The highest BCUT2D eigenvalue weighted by Gasteiger charge is 2.40. The lowest BCUT2D eigenvalue weighted by Crippen LogP contribution is -2.11. The Labute approximate surface area is 108 Å². The van der Waals surface area contributed by atoms with Crippen LogP contribution in [0.3, 0.4) is 0 Å². The van der Waals surface area contributed by atoms with E-state index >= 15 is 0 Å². The Hall–Kier alpha value is -3.51. The van der Waals surface area contributed by atoms with Crippen LogP contribution in [0.25, 0.3) is 0 Å². The molecule has 0 fully saturated rings. The number of nitro benzene ring substituents is 3. The van der Waals surface area contributed by atoms with E-state index in [4.69, 9.17) is 11.5 Å². The van der Waals surface area contributed by atoms with Crippen LogP contribution in [0.5, 0.6) is 0 Å². The zero-order valence-corrected chi connectivity index (χ0v) is 9.43. The maximum absolute atomic E-state index is 10.9. The number of nitro groups is 3. The first-order valence-electron chi connectivity index (χ1n) is 4.62. The van der Waals surface area contributed by atoms with Crippen LogP contribution in [0, 0.1) is 30.3 Å². The van der Waals surface area contributed by atoms with Gasteiger partial charge in [-0.1, -0.05) is 0 Å². The number of anilines is 3. The minimum Gasteiger partial charge on any atom is -0.387 e. The Morgan fingerprint density at radius 3 is 1.45 bits per heavy atom. The van der Waals surface area contributed by atoms with Crippen molar-refractivity contribution in [3.8, 4) is 0 Å². The highest BCUT2D eigenvalue weighted by Crippen LogP contribution is 2.49. The Morgan fingerprint density at radius 1 is 0.850 bits per heavy atom. The lowest BCUT2D eigenvalue weighted by Gasteiger charge is -2.08. The van der Waals surface area contributed by atoms with Crippen molar-refractivity contribution in [3.05, 3.63) is 30.3 Å². The van der Waals surface area contributed by atoms with E-state index in [-0.39, 0.29) is 6.41 Å². The molecule has 1 aromatic carbocycles. The fourth-order valence-electron chi connectivity index (χ4n) is 1.52. The van der Waals surface area contributed by atoms with E-state index in [0.717, 1.165) is 0 Å². The molecule has 1 rings (SSSR count). The van der Waals surface area contributed by atoms with Crippen LogP contribution >= 0.6 is 0 Å². The number of benzene rings is 1. The number of carbonyl (C=O) groups excluding carboxylic acids is 1. The summed E-state index contributed by atoms with van der Waals surface area (Å²) in [6, 6.07) is 0. The molecule has 1 aromatic rings. The molecule has 106 valence electrons. The van der Waals surface area contributed by atoms with Crippen molar-refractivity contribution in [1.82, 2.24) is 0 Å². The van der Waals surface area contributed by atoms with Gasteiger partial charge in [0.05, 0.1) is 14.8 Å². The second kappa shape index (κ2) is 5.01. The van der Waals surface area contributed by atoms with Crippen molar-refractivity contribution in [3.63, 3.8) is 0 Å². The lowest BCUT2D eigenvalue weighted by atomic mass is 10.1. The third-order valence-electron chi connectivity index (χ3n) is 2.25. The molecule has 0 spiro atoms. The van der Waals surface area contributed by atoms with Gasteiger partial charge in [0.25, 0.3) is 0 Å². The maximum Gasteiger partial charge on any atom is 0.329 e. The number of rotatable bonds is 5. The van der Waals surface area contributed by atoms with E-state index < -0.39 is 48.9 Å². The molecule has 13 nitrogen and oxygen atoms in total. The first-order valence-corrected chi connectivity index (χ1v) is 4.62. The molecule has 0 radical (unpaired) electrons. The first-order chi connectivity index (χ1) is 9.23. The fourth-order valence-corrected chi connectivity index (χ4v) is 1.52.